The molecule has 3 aromatic carbocycles. The molecule has 0 saturated heterocycles. The minimum atomic E-state index is -0.375. The van der Waals surface area contributed by atoms with Crippen LogP contribution in [0.3, 0.4) is 0 Å². The summed E-state index contributed by atoms with van der Waals surface area (Å²) in [5.74, 6) is 0.552. The molecule has 34 heavy (non-hydrogen) atoms. The number of benzene rings is 3. The Hall–Kier alpha value is -4.13. The van der Waals surface area contributed by atoms with Crippen molar-refractivity contribution < 1.29 is 13.9 Å². The van der Waals surface area contributed by atoms with Gasteiger partial charge in [-0.15, -0.1) is 0 Å². The summed E-state index contributed by atoms with van der Waals surface area (Å²) < 4.78 is 13.0. The molecule has 2 heterocycles. The highest BCUT2D eigenvalue weighted by molar-refractivity contribution is 6.01. The Balaban J connectivity index is 1.43. The molecule has 172 valence electrons. The summed E-state index contributed by atoms with van der Waals surface area (Å²) in [6, 6.07) is 19.4. The first-order valence-corrected chi connectivity index (χ1v) is 11.3. The second-order valence-corrected chi connectivity index (χ2v) is 8.32. The normalized spacial score (nSPS) is 11.4. The summed E-state index contributed by atoms with van der Waals surface area (Å²) in [6.45, 7) is 2.88. The predicted molar refractivity (Wildman–Crippen MR) is 132 cm³/mol. The van der Waals surface area contributed by atoms with E-state index in [0.717, 1.165) is 33.9 Å². The lowest BCUT2D eigenvalue weighted by atomic mass is 10.0. The van der Waals surface area contributed by atoms with Crippen molar-refractivity contribution in [2.45, 2.75) is 26.4 Å². The van der Waals surface area contributed by atoms with E-state index in [-0.39, 0.29) is 23.6 Å². The Labute approximate surface area is 196 Å². The van der Waals surface area contributed by atoms with E-state index in [2.05, 4.69) is 11.9 Å². The summed E-state index contributed by atoms with van der Waals surface area (Å²) in [7, 11) is 1.73. The van der Waals surface area contributed by atoms with Gasteiger partial charge in [0.2, 0.25) is 11.5 Å². The summed E-state index contributed by atoms with van der Waals surface area (Å²) in [5, 5.41) is 2.90. The molecule has 2 aromatic heterocycles. The number of fused-ring (bicyclic) bond motifs is 4. The molecule has 5 aromatic rings. The summed E-state index contributed by atoms with van der Waals surface area (Å²) in [4.78, 5) is 32.1. The van der Waals surface area contributed by atoms with Crippen molar-refractivity contribution in [1.82, 2.24) is 14.5 Å². The van der Waals surface area contributed by atoms with Crippen LogP contribution in [-0.4, -0.2) is 34.0 Å². The standard InChI is InChI=1S/C27H25N3O4/c1-3-14-33-22-13-12-18-8-4-5-9-19(18)21(22)15-29(2)24(31)16-30-17-28-25-20-10-6-7-11-23(20)34-26(25)27(30)32/h4-13,17H,3,14-16H2,1-2H3. The van der Waals surface area contributed by atoms with Gasteiger partial charge >= 0.3 is 0 Å². The number of hydrogen-bond acceptors (Lipinski definition) is 5. The lowest BCUT2D eigenvalue weighted by Gasteiger charge is -2.21. The largest absolute Gasteiger partial charge is 0.493 e. The van der Waals surface area contributed by atoms with Crippen LogP contribution in [0.5, 0.6) is 5.75 Å². The van der Waals surface area contributed by atoms with E-state index in [4.69, 9.17) is 9.15 Å². The van der Waals surface area contributed by atoms with Gasteiger partial charge in [0.1, 0.15) is 23.4 Å². The number of ether oxygens (including phenoxy) is 1. The molecule has 0 saturated carbocycles. The smallest absolute Gasteiger partial charge is 0.297 e. The maximum absolute atomic E-state index is 13.1. The van der Waals surface area contributed by atoms with Crippen LogP contribution >= 0.6 is 0 Å². The van der Waals surface area contributed by atoms with Gasteiger partial charge in [-0.25, -0.2) is 4.98 Å². The number of carbonyl (C=O) groups is 1. The van der Waals surface area contributed by atoms with Gasteiger partial charge in [0, 0.05) is 24.5 Å². The molecule has 0 atom stereocenters. The highest BCUT2D eigenvalue weighted by Gasteiger charge is 2.18. The van der Waals surface area contributed by atoms with Gasteiger partial charge in [-0.3, -0.25) is 14.2 Å². The van der Waals surface area contributed by atoms with E-state index in [1.807, 2.05) is 54.6 Å². The molecule has 0 unspecified atom stereocenters. The summed E-state index contributed by atoms with van der Waals surface area (Å²) in [5.41, 5.74) is 1.83. The van der Waals surface area contributed by atoms with E-state index in [0.29, 0.717) is 24.3 Å². The van der Waals surface area contributed by atoms with Crippen LogP contribution in [0.25, 0.3) is 32.8 Å². The maximum Gasteiger partial charge on any atom is 0.297 e. The fourth-order valence-electron chi connectivity index (χ4n) is 4.15. The Morgan fingerprint density at radius 1 is 1.06 bits per heavy atom. The van der Waals surface area contributed by atoms with E-state index in [1.165, 1.54) is 10.9 Å². The molecule has 0 aliphatic rings. The number of likely N-dealkylation sites (N-methyl/N-ethyl adjacent to an activating group) is 1. The molecular formula is C27H25N3O4. The first kappa shape index (κ1) is 21.7. The first-order chi connectivity index (χ1) is 16.6. The van der Waals surface area contributed by atoms with Crippen molar-refractivity contribution in [2.75, 3.05) is 13.7 Å². The summed E-state index contributed by atoms with van der Waals surface area (Å²) in [6.07, 6.45) is 2.30. The van der Waals surface area contributed by atoms with Crippen molar-refractivity contribution in [2.24, 2.45) is 0 Å². The molecule has 7 nitrogen and oxygen atoms in total. The van der Waals surface area contributed by atoms with E-state index in [9.17, 15) is 9.59 Å². The Kier molecular flexibility index (Phi) is 5.76. The van der Waals surface area contributed by atoms with Gasteiger partial charge in [0.05, 0.1) is 12.9 Å². The monoisotopic (exact) mass is 455 g/mol. The average Bonchev–Trinajstić information content (AvgIpc) is 3.24. The summed E-state index contributed by atoms with van der Waals surface area (Å²) >= 11 is 0. The van der Waals surface area contributed by atoms with Crippen molar-refractivity contribution in [1.29, 1.82) is 0 Å². The fourth-order valence-corrected chi connectivity index (χ4v) is 4.15. The predicted octanol–water partition coefficient (Wildman–Crippen LogP) is 4.74. The van der Waals surface area contributed by atoms with E-state index >= 15 is 0 Å². The number of rotatable bonds is 7. The number of para-hydroxylation sites is 1. The van der Waals surface area contributed by atoms with E-state index < -0.39 is 0 Å². The number of hydrogen-bond donors (Lipinski definition) is 0. The average molecular weight is 456 g/mol. The first-order valence-electron chi connectivity index (χ1n) is 11.3. The zero-order valence-electron chi connectivity index (χ0n) is 19.2. The molecule has 0 bridgehead atoms. The minimum Gasteiger partial charge on any atom is -0.493 e. The second kappa shape index (κ2) is 9.02. The van der Waals surface area contributed by atoms with Crippen LogP contribution in [0.4, 0.5) is 0 Å². The van der Waals surface area contributed by atoms with Crippen LogP contribution in [0, 0.1) is 0 Å². The molecule has 0 N–H and O–H groups in total. The third-order valence-corrected chi connectivity index (χ3v) is 5.94. The highest BCUT2D eigenvalue weighted by Crippen LogP contribution is 2.29. The van der Waals surface area contributed by atoms with Crippen LogP contribution in [0.2, 0.25) is 0 Å². The SMILES string of the molecule is CCCOc1ccc2ccccc2c1CN(C)C(=O)Cn1cnc2c(oc3ccccc32)c1=O. The number of furan rings is 1. The molecule has 0 aliphatic heterocycles. The van der Waals surface area contributed by atoms with Crippen LogP contribution in [-0.2, 0) is 17.9 Å². The van der Waals surface area contributed by atoms with Crippen LogP contribution < -0.4 is 10.3 Å². The van der Waals surface area contributed by atoms with Crippen LogP contribution in [0.1, 0.15) is 18.9 Å². The third-order valence-electron chi connectivity index (χ3n) is 5.94. The van der Waals surface area contributed by atoms with Gasteiger partial charge in [-0.2, -0.15) is 0 Å². The Morgan fingerprint density at radius 2 is 1.82 bits per heavy atom. The Bertz CT molecular complexity index is 1570. The third kappa shape index (κ3) is 3.90. The highest BCUT2D eigenvalue weighted by atomic mass is 16.5. The van der Waals surface area contributed by atoms with Gasteiger partial charge in [0.25, 0.3) is 5.56 Å². The molecular weight excluding hydrogens is 430 g/mol. The lowest BCUT2D eigenvalue weighted by Crippen LogP contribution is -2.33. The fraction of sp³-hybridized carbons (Fsp3) is 0.222. The number of nitrogens with zero attached hydrogens (tertiary/aromatic N) is 3. The van der Waals surface area contributed by atoms with Gasteiger partial charge < -0.3 is 14.1 Å². The van der Waals surface area contributed by atoms with Crippen molar-refractivity contribution in [3.05, 3.63) is 82.9 Å². The van der Waals surface area contributed by atoms with Crippen LogP contribution in [0.15, 0.2) is 76.2 Å². The minimum absolute atomic E-state index is 0.134. The maximum atomic E-state index is 13.1. The molecule has 5 rings (SSSR count). The quantitative estimate of drug-likeness (QED) is 0.354. The van der Waals surface area contributed by atoms with Gasteiger partial charge in [-0.05, 0) is 35.4 Å². The molecule has 0 spiro atoms. The number of carbonyl (C=O) groups excluding carboxylic acids is 1. The molecule has 7 heteroatoms. The zero-order chi connectivity index (χ0) is 23.7. The van der Waals surface area contributed by atoms with E-state index in [1.54, 1.807) is 18.0 Å². The topological polar surface area (TPSA) is 77.6 Å². The molecule has 0 aliphatic carbocycles. The molecule has 0 fully saturated rings. The number of amides is 1. The number of aromatic nitrogens is 2. The Morgan fingerprint density at radius 3 is 2.65 bits per heavy atom. The van der Waals surface area contributed by atoms with Gasteiger partial charge in [0.15, 0.2) is 0 Å². The van der Waals surface area contributed by atoms with Crippen molar-refractivity contribution in [3.8, 4) is 5.75 Å². The van der Waals surface area contributed by atoms with Crippen molar-refractivity contribution in [3.63, 3.8) is 0 Å². The molecule has 1 amide bonds. The van der Waals surface area contributed by atoms with Crippen molar-refractivity contribution >= 4 is 38.7 Å². The van der Waals surface area contributed by atoms with Gasteiger partial charge in [-0.1, -0.05) is 49.4 Å². The second-order valence-electron chi connectivity index (χ2n) is 8.32. The lowest BCUT2D eigenvalue weighted by molar-refractivity contribution is -0.131. The zero-order valence-corrected chi connectivity index (χ0v) is 19.2. The molecule has 0 radical (unpaired) electrons.